The molecule has 1 aliphatic rings. The number of nitrogens with zero attached hydrogens (tertiary/aromatic N) is 1. The summed E-state index contributed by atoms with van der Waals surface area (Å²) >= 11 is 0. The first-order valence-corrected chi connectivity index (χ1v) is 11.2. The number of amides is 1. The topological polar surface area (TPSA) is 85.3 Å². The minimum absolute atomic E-state index is 0.0286. The Bertz CT molecular complexity index is 1250. The number of methoxy groups -OCH3 is 2. The summed E-state index contributed by atoms with van der Waals surface area (Å²) in [5.41, 5.74) is 1.93. The van der Waals surface area contributed by atoms with Crippen molar-refractivity contribution in [3.63, 3.8) is 0 Å². The van der Waals surface area contributed by atoms with Crippen LogP contribution in [0.3, 0.4) is 0 Å². The molecule has 0 radical (unpaired) electrons. The van der Waals surface area contributed by atoms with Crippen LogP contribution < -0.4 is 14.2 Å². The van der Waals surface area contributed by atoms with Crippen molar-refractivity contribution in [1.82, 2.24) is 4.90 Å². The van der Waals surface area contributed by atoms with Gasteiger partial charge in [-0.2, -0.15) is 0 Å². The van der Waals surface area contributed by atoms with Crippen LogP contribution in [-0.4, -0.2) is 42.5 Å². The molecule has 180 valence electrons. The highest BCUT2D eigenvalue weighted by atomic mass is 16.5. The fraction of sp³-hybridized carbons (Fsp3) is 0.214. The third-order valence-electron chi connectivity index (χ3n) is 5.90. The Hall–Kier alpha value is -4.26. The number of ether oxygens (including phenoxy) is 3. The van der Waals surface area contributed by atoms with Crippen LogP contribution in [0.5, 0.6) is 17.2 Å². The van der Waals surface area contributed by atoms with Crippen molar-refractivity contribution in [2.45, 2.75) is 19.5 Å². The number of hydrogen-bond donors (Lipinski definition) is 1. The zero-order valence-electron chi connectivity index (χ0n) is 19.9. The Morgan fingerprint density at radius 3 is 2.17 bits per heavy atom. The number of rotatable bonds is 8. The predicted octanol–water partition coefficient (Wildman–Crippen LogP) is 4.72. The van der Waals surface area contributed by atoms with Gasteiger partial charge in [-0.15, -0.1) is 0 Å². The van der Waals surface area contributed by atoms with E-state index in [0.717, 1.165) is 5.56 Å². The molecule has 4 rings (SSSR count). The summed E-state index contributed by atoms with van der Waals surface area (Å²) in [5.74, 6) is 0.229. The van der Waals surface area contributed by atoms with E-state index in [2.05, 4.69) is 0 Å². The van der Waals surface area contributed by atoms with Gasteiger partial charge in [-0.05, 0) is 54.4 Å². The molecule has 7 nitrogen and oxygen atoms in total. The molecule has 1 amide bonds. The van der Waals surface area contributed by atoms with Crippen molar-refractivity contribution in [3.8, 4) is 17.2 Å². The van der Waals surface area contributed by atoms with Gasteiger partial charge in [0.25, 0.3) is 11.7 Å². The minimum Gasteiger partial charge on any atom is -0.507 e. The smallest absolute Gasteiger partial charge is 0.295 e. The van der Waals surface area contributed by atoms with Gasteiger partial charge in [-0.1, -0.05) is 36.4 Å². The van der Waals surface area contributed by atoms with Crippen LogP contribution in [0.25, 0.3) is 5.76 Å². The molecule has 0 spiro atoms. The number of Topliss-reactive ketones (excluding diaryl/α,β-unsaturated/α-hetero) is 1. The van der Waals surface area contributed by atoms with Gasteiger partial charge in [0.15, 0.2) is 0 Å². The molecule has 1 unspecified atom stereocenters. The van der Waals surface area contributed by atoms with Crippen LogP contribution in [0.2, 0.25) is 0 Å². The first kappa shape index (κ1) is 23.9. The lowest BCUT2D eigenvalue weighted by atomic mass is 9.95. The number of aliphatic hydroxyl groups is 1. The lowest BCUT2D eigenvalue weighted by Crippen LogP contribution is -2.29. The molecule has 7 heteroatoms. The maximum absolute atomic E-state index is 13.2. The first-order valence-electron chi connectivity index (χ1n) is 11.2. The normalized spacial score (nSPS) is 16.9. The molecule has 3 aromatic carbocycles. The van der Waals surface area contributed by atoms with E-state index < -0.39 is 17.7 Å². The third-order valence-corrected chi connectivity index (χ3v) is 5.90. The number of aliphatic hydroxyl groups excluding tert-OH is 1. The van der Waals surface area contributed by atoms with E-state index in [0.29, 0.717) is 35.0 Å². The van der Waals surface area contributed by atoms with Crippen LogP contribution in [0.15, 0.2) is 78.4 Å². The van der Waals surface area contributed by atoms with Gasteiger partial charge in [-0.3, -0.25) is 9.59 Å². The molecule has 1 heterocycles. The molecule has 1 atom stereocenters. The SMILES string of the molecule is CCOc1ccc(C2/C(=C(/O)c3cccc(OC)c3)C(=O)C(=O)N2Cc2ccc(OC)cc2)cc1. The van der Waals surface area contributed by atoms with Gasteiger partial charge in [0.1, 0.15) is 23.0 Å². The lowest BCUT2D eigenvalue weighted by molar-refractivity contribution is -0.140. The molecule has 0 aromatic heterocycles. The number of carbonyl (C=O) groups excluding carboxylic acids is 2. The maximum Gasteiger partial charge on any atom is 0.295 e. The summed E-state index contributed by atoms with van der Waals surface area (Å²) in [5, 5.41) is 11.2. The van der Waals surface area contributed by atoms with Crippen molar-refractivity contribution in [2.24, 2.45) is 0 Å². The Morgan fingerprint density at radius 2 is 1.54 bits per heavy atom. The molecule has 0 aliphatic carbocycles. The van der Waals surface area contributed by atoms with Gasteiger partial charge < -0.3 is 24.2 Å². The van der Waals surface area contributed by atoms with E-state index in [1.165, 1.54) is 12.0 Å². The van der Waals surface area contributed by atoms with Crippen LogP contribution >= 0.6 is 0 Å². The van der Waals surface area contributed by atoms with Gasteiger partial charge in [0.2, 0.25) is 0 Å². The largest absolute Gasteiger partial charge is 0.507 e. The summed E-state index contributed by atoms with van der Waals surface area (Å²) in [6.07, 6.45) is 0. The Kier molecular flexibility index (Phi) is 7.06. The fourth-order valence-corrected chi connectivity index (χ4v) is 4.16. The van der Waals surface area contributed by atoms with Crippen molar-refractivity contribution in [3.05, 3.63) is 95.1 Å². The van der Waals surface area contributed by atoms with Crippen molar-refractivity contribution >= 4 is 17.4 Å². The molecule has 0 bridgehead atoms. The van der Waals surface area contributed by atoms with Crippen LogP contribution in [0.4, 0.5) is 0 Å². The van der Waals surface area contributed by atoms with E-state index in [4.69, 9.17) is 14.2 Å². The highest BCUT2D eigenvalue weighted by molar-refractivity contribution is 6.46. The average molecular weight is 474 g/mol. The minimum atomic E-state index is -0.779. The van der Waals surface area contributed by atoms with Crippen LogP contribution in [0.1, 0.15) is 29.7 Å². The Balaban J connectivity index is 1.81. The molecule has 35 heavy (non-hydrogen) atoms. The van der Waals surface area contributed by atoms with E-state index in [9.17, 15) is 14.7 Å². The summed E-state index contributed by atoms with van der Waals surface area (Å²) < 4.78 is 16.0. The van der Waals surface area contributed by atoms with Gasteiger partial charge in [0.05, 0.1) is 32.4 Å². The van der Waals surface area contributed by atoms with Gasteiger partial charge >= 0.3 is 0 Å². The van der Waals surface area contributed by atoms with E-state index >= 15 is 0 Å². The van der Waals surface area contributed by atoms with Gasteiger partial charge in [-0.25, -0.2) is 0 Å². The van der Waals surface area contributed by atoms with Crippen LogP contribution in [-0.2, 0) is 16.1 Å². The average Bonchev–Trinajstić information content (AvgIpc) is 3.14. The second-order valence-electron chi connectivity index (χ2n) is 8.01. The Labute approximate surface area is 204 Å². The first-order chi connectivity index (χ1) is 17.0. The molecule has 1 aliphatic heterocycles. The summed E-state index contributed by atoms with van der Waals surface area (Å²) in [4.78, 5) is 27.9. The molecule has 1 fully saturated rings. The predicted molar refractivity (Wildman–Crippen MR) is 131 cm³/mol. The summed E-state index contributed by atoms with van der Waals surface area (Å²) in [6, 6.07) is 20.5. The highest BCUT2D eigenvalue weighted by Crippen LogP contribution is 2.41. The molecule has 1 N–H and O–H groups in total. The number of benzene rings is 3. The number of carbonyl (C=O) groups is 2. The van der Waals surface area contributed by atoms with E-state index in [1.807, 2.05) is 19.1 Å². The lowest BCUT2D eigenvalue weighted by Gasteiger charge is -2.25. The van der Waals surface area contributed by atoms with Crippen molar-refractivity contribution in [1.29, 1.82) is 0 Å². The molecular formula is C28H27NO6. The number of ketones is 1. The fourth-order valence-electron chi connectivity index (χ4n) is 4.16. The second-order valence-corrected chi connectivity index (χ2v) is 8.01. The Morgan fingerprint density at radius 1 is 0.886 bits per heavy atom. The van der Waals surface area contributed by atoms with Crippen molar-refractivity contribution < 1.29 is 28.9 Å². The molecular weight excluding hydrogens is 446 g/mol. The maximum atomic E-state index is 13.2. The van der Waals surface area contributed by atoms with Crippen molar-refractivity contribution in [2.75, 3.05) is 20.8 Å². The quantitative estimate of drug-likeness (QED) is 0.289. The molecule has 1 saturated heterocycles. The summed E-state index contributed by atoms with van der Waals surface area (Å²) in [7, 11) is 3.10. The van der Waals surface area contributed by atoms with Gasteiger partial charge in [0, 0.05) is 12.1 Å². The zero-order valence-corrected chi connectivity index (χ0v) is 19.9. The summed E-state index contributed by atoms with van der Waals surface area (Å²) in [6.45, 7) is 2.60. The standard InChI is InChI=1S/C28H27NO6/c1-4-35-22-14-10-19(11-15-22)25-24(26(30)20-6-5-7-23(16-20)34-3)27(31)28(32)29(25)17-18-8-12-21(33-2)13-9-18/h5-16,25,30H,4,17H2,1-3H3/b26-24-. The monoisotopic (exact) mass is 473 g/mol. The number of hydrogen-bond acceptors (Lipinski definition) is 6. The van der Waals surface area contributed by atoms with E-state index in [-0.39, 0.29) is 17.9 Å². The third kappa shape index (κ3) is 4.84. The zero-order chi connectivity index (χ0) is 24.9. The highest BCUT2D eigenvalue weighted by Gasteiger charge is 2.46. The van der Waals surface area contributed by atoms with Crippen LogP contribution in [0, 0.1) is 0 Å². The second kappa shape index (κ2) is 10.3. The number of likely N-dealkylation sites (tertiary alicyclic amines) is 1. The molecule has 0 saturated carbocycles. The molecule has 3 aromatic rings. The van der Waals surface area contributed by atoms with E-state index in [1.54, 1.807) is 67.8 Å².